The maximum absolute atomic E-state index is 2.44. The Morgan fingerprint density at radius 1 is 0.308 bits per heavy atom. The van der Waals surface area contributed by atoms with Gasteiger partial charge in [0.2, 0.25) is 0 Å². The molecule has 1 heterocycles. The van der Waals surface area contributed by atoms with Crippen molar-refractivity contribution in [3.63, 3.8) is 0 Å². The maximum Gasteiger partial charge on any atom is 0.0541 e. The summed E-state index contributed by atoms with van der Waals surface area (Å²) in [6.07, 6.45) is 0. The molecule has 2 heteroatoms. The number of nitrogens with zero attached hydrogens (tertiary/aromatic N) is 2. The van der Waals surface area contributed by atoms with Crippen LogP contribution in [0.3, 0.4) is 0 Å². The molecule has 11 aromatic carbocycles. The molecule has 13 rings (SSSR count). The molecule has 0 unspecified atom stereocenters. The highest BCUT2D eigenvalue weighted by molar-refractivity contribution is 6.25. The van der Waals surface area contributed by atoms with E-state index >= 15 is 0 Å². The molecule has 0 saturated carbocycles. The summed E-state index contributed by atoms with van der Waals surface area (Å²) < 4.78 is 2.38. The Kier molecular flexibility index (Phi) is 8.29. The van der Waals surface area contributed by atoms with Gasteiger partial charge in [-0.25, -0.2) is 0 Å². The predicted molar refractivity (Wildman–Crippen MR) is 276 cm³/mol. The number of aromatic nitrogens is 1. The number of rotatable bonds is 6. The summed E-state index contributed by atoms with van der Waals surface area (Å²) in [5.41, 5.74) is 17.0. The molecule has 0 fully saturated rings. The Hall–Kier alpha value is -8.20. The molecule has 0 amide bonds. The van der Waals surface area contributed by atoms with Crippen LogP contribution in [0.25, 0.3) is 93.2 Å². The van der Waals surface area contributed by atoms with Crippen LogP contribution in [0, 0.1) is 0 Å². The Morgan fingerprint density at radius 2 is 0.831 bits per heavy atom. The minimum atomic E-state index is -0.125. The summed E-state index contributed by atoms with van der Waals surface area (Å²) in [5, 5.41) is 10.2. The summed E-state index contributed by atoms with van der Waals surface area (Å²) in [6, 6.07) is 85.2. The van der Waals surface area contributed by atoms with Crippen LogP contribution in [-0.2, 0) is 5.41 Å². The van der Waals surface area contributed by atoms with E-state index in [1.54, 1.807) is 0 Å². The number of para-hydroxylation sites is 2. The molecule has 2 nitrogen and oxygen atoms in total. The second-order valence-electron chi connectivity index (χ2n) is 18.1. The third-order valence-electron chi connectivity index (χ3n) is 14.2. The van der Waals surface area contributed by atoms with Crippen LogP contribution < -0.4 is 4.90 Å². The zero-order valence-corrected chi connectivity index (χ0v) is 36.3. The van der Waals surface area contributed by atoms with Gasteiger partial charge < -0.3 is 9.47 Å². The smallest absolute Gasteiger partial charge is 0.0541 e. The van der Waals surface area contributed by atoms with E-state index in [4.69, 9.17) is 0 Å². The molecule has 0 radical (unpaired) electrons. The quantitative estimate of drug-likeness (QED) is 0.152. The summed E-state index contributed by atoms with van der Waals surface area (Å²) in [7, 11) is 0. The van der Waals surface area contributed by atoms with Crippen LogP contribution in [0.15, 0.2) is 231 Å². The fraction of sp³-hybridized carbons (Fsp3) is 0.0476. The summed E-state index contributed by atoms with van der Waals surface area (Å²) >= 11 is 0. The molecule has 0 spiro atoms. The third kappa shape index (κ3) is 5.81. The highest BCUT2D eigenvalue weighted by atomic mass is 15.1. The maximum atomic E-state index is 2.44. The van der Waals surface area contributed by atoms with Crippen molar-refractivity contribution in [3.05, 3.63) is 242 Å². The fourth-order valence-electron chi connectivity index (χ4n) is 11.0. The molecule has 306 valence electrons. The van der Waals surface area contributed by atoms with Crippen LogP contribution in [0.4, 0.5) is 17.1 Å². The van der Waals surface area contributed by atoms with Crippen molar-refractivity contribution in [1.82, 2.24) is 4.57 Å². The van der Waals surface area contributed by atoms with Crippen molar-refractivity contribution in [1.29, 1.82) is 0 Å². The Balaban J connectivity index is 0.943. The standard InChI is InChI=1S/C63H44N2/c1-63(2)59-25-12-10-23-54(59)55-35-33-48(40-60(55)63)64(47-18-14-15-42(37-47)44-29-34-53-51-21-7-6-19-49(51)50-20-8-9-22-52(50)57(53)38-44)46-31-27-41(28-32-46)43-30-36-62-58(39-43)56-24-11-13-26-61(56)65(62)45-16-4-3-5-17-45/h3-40H,1-2H3. The highest BCUT2D eigenvalue weighted by Crippen LogP contribution is 2.51. The Morgan fingerprint density at radius 3 is 1.60 bits per heavy atom. The zero-order valence-electron chi connectivity index (χ0n) is 36.3. The van der Waals surface area contributed by atoms with Gasteiger partial charge in [-0.15, -0.1) is 0 Å². The number of benzene rings is 11. The van der Waals surface area contributed by atoms with E-state index in [9.17, 15) is 0 Å². The summed E-state index contributed by atoms with van der Waals surface area (Å²) in [6.45, 7) is 4.73. The van der Waals surface area contributed by atoms with Gasteiger partial charge in [0, 0.05) is 38.9 Å². The van der Waals surface area contributed by atoms with Crippen molar-refractivity contribution < 1.29 is 0 Å². The normalized spacial score (nSPS) is 12.9. The fourth-order valence-corrected chi connectivity index (χ4v) is 11.0. The Labute approximate surface area is 378 Å². The van der Waals surface area contributed by atoms with Crippen LogP contribution >= 0.6 is 0 Å². The molecule has 0 N–H and O–H groups in total. The predicted octanol–water partition coefficient (Wildman–Crippen LogP) is 17.4. The molecule has 0 aliphatic heterocycles. The second kappa shape index (κ2) is 14.4. The first-order valence-corrected chi connectivity index (χ1v) is 22.7. The number of hydrogen-bond donors (Lipinski definition) is 0. The molecule has 1 aliphatic rings. The zero-order chi connectivity index (χ0) is 43.2. The van der Waals surface area contributed by atoms with Gasteiger partial charge in [-0.1, -0.05) is 172 Å². The summed E-state index contributed by atoms with van der Waals surface area (Å²) in [4.78, 5) is 2.44. The lowest BCUT2D eigenvalue weighted by atomic mass is 9.82. The topological polar surface area (TPSA) is 8.17 Å². The molecule has 65 heavy (non-hydrogen) atoms. The van der Waals surface area contributed by atoms with E-state index < -0.39 is 0 Å². The molecule has 0 bridgehead atoms. The van der Waals surface area contributed by atoms with Crippen molar-refractivity contribution in [2.24, 2.45) is 0 Å². The van der Waals surface area contributed by atoms with E-state index in [1.807, 2.05) is 0 Å². The van der Waals surface area contributed by atoms with Gasteiger partial charge in [-0.2, -0.15) is 0 Å². The van der Waals surface area contributed by atoms with Crippen molar-refractivity contribution in [2.45, 2.75) is 19.3 Å². The van der Waals surface area contributed by atoms with Crippen LogP contribution in [0.1, 0.15) is 25.0 Å². The van der Waals surface area contributed by atoms with E-state index in [-0.39, 0.29) is 5.41 Å². The van der Waals surface area contributed by atoms with E-state index in [0.717, 1.165) is 17.1 Å². The lowest BCUT2D eigenvalue weighted by molar-refractivity contribution is 0.660. The largest absolute Gasteiger partial charge is 0.310 e. The van der Waals surface area contributed by atoms with Gasteiger partial charge in [0.25, 0.3) is 0 Å². The molecule has 1 aliphatic carbocycles. The van der Waals surface area contributed by atoms with Gasteiger partial charge >= 0.3 is 0 Å². The van der Waals surface area contributed by atoms with Crippen molar-refractivity contribution in [2.75, 3.05) is 4.90 Å². The van der Waals surface area contributed by atoms with Gasteiger partial charge in [0.05, 0.1) is 11.0 Å². The number of fused-ring (bicyclic) bond motifs is 12. The van der Waals surface area contributed by atoms with Crippen LogP contribution in [-0.4, -0.2) is 4.57 Å². The first-order chi connectivity index (χ1) is 32.0. The summed E-state index contributed by atoms with van der Waals surface area (Å²) in [5.74, 6) is 0. The molecule has 12 aromatic rings. The molecule has 0 saturated heterocycles. The molecular weight excluding hydrogens is 785 g/mol. The van der Waals surface area contributed by atoms with Crippen LogP contribution in [0.5, 0.6) is 0 Å². The lowest BCUT2D eigenvalue weighted by Gasteiger charge is -2.28. The lowest BCUT2D eigenvalue weighted by Crippen LogP contribution is -2.16. The average molecular weight is 829 g/mol. The Bertz CT molecular complexity index is 3820. The van der Waals surface area contributed by atoms with Crippen molar-refractivity contribution in [3.8, 4) is 39.1 Å². The number of anilines is 3. The number of hydrogen-bond acceptors (Lipinski definition) is 1. The SMILES string of the molecule is CC1(C)c2ccccc2-c2ccc(N(c3ccc(-c4ccc5c(c4)c4ccccc4n5-c4ccccc4)cc3)c3cccc(-c4ccc5c6ccccc6c6ccccc6c5c4)c3)cc21. The van der Waals surface area contributed by atoms with E-state index in [0.29, 0.717) is 0 Å². The minimum absolute atomic E-state index is 0.125. The monoisotopic (exact) mass is 828 g/mol. The molecule has 1 aromatic heterocycles. The highest BCUT2D eigenvalue weighted by Gasteiger charge is 2.35. The van der Waals surface area contributed by atoms with Gasteiger partial charge in [0.15, 0.2) is 0 Å². The van der Waals surface area contributed by atoms with Gasteiger partial charge in [-0.3, -0.25) is 0 Å². The molecular formula is C63H44N2. The van der Waals surface area contributed by atoms with E-state index in [1.165, 1.54) is 104 Å². The minimum Gasteiger partial charge on any atom is -0.310 e. The van der Waals surface area contributed by atoms with Crippen LogP contribution in [0.2, 0.25) is 0 Å². The van der Waals surface area contributed by atoms with E-state index in [2.05, 4.69) is 254 Å². The van der Waals surface area contributed by atoms with Gasteiger partial charge in [-0.05, 0) is 150 Å². The van der Waals surface area contributed by atoms with Crippen molar-refractivity contribution >= 4 is 71.2 Å². The third-order valence-corrected chi connectivity index (χ3v) is 14.2. The first kappa shape index (κ1) is 37.4. The molecule has 0 atom stereocenters. The van der Waals surface area contributed by atoms with Gasteiger partial charge in [0.1, 0.15) is 0 Å². The first-order valence-electron chi connectivity index (χ1n) is 22.7. The average Bonchev–Trinajstić information content (AvgIpc) is 3.82. The second-order valence-corrected chi connectivity index (χ2v) is 18.1.